The second-order valence-corrected chi connectivity index (χ2v) is 10.6. The minimum atomic E-state index is -3.89. The van der Waals surface area contributed by atoms with Crippen LogP contribution in [0.5, 0.6) is 0 Å². The number of carbonyl (C=O) groups excluding carboxylic acids is 1. The molecular formula is C27H31N3O3S. The zero-order valence-corrected chi connectivity index (χ0v) is 20.5. The quantitative estimate of drug-likeness (QED) is 0.472. The van der Waals surface area contributed by atoms with E-state index in [1.165, 1.54) is 15.6 Å². The molecule has 0 atom stereocenters. The van der Waals surface area contributed by atoms with Gasteiger partial charge in [0.2, 0.25) is 5.91 Å². The third-order valence-corrected chi connectivity index (χ3v) is 7.92. The second-order valence-electron chi connectivity index (χ2n) is 8.73. The summed E-state index contributed by atoms with van der Waals surface area (Å²) >= 11 is 0. The summed E-state index contributed by atoms with van der Waals surface area (Å²) in [4.78, 5) is 15.3. The fourth-order valence-electron chi connectivity index (χ4n) is 4.19. The van der Waals surface area contributed by atoms with E-state index in [0.29, 0.717) is 12.2 Å². The Bertz CT molecular complexity index is 1240. The summed E-state index contributed by atoms with van der Waals surface area (Å²) in [5.41, 5.74) is 5.09. The summed E-state index contributed by atoms with van der Waals surface area (Å²) in [5, 5.41) is 2.90. The third-order valence-electron chi connectivity index (χ3n) is 6.13. The minimum absolute atomic E-state index is 0.166. The highest BCUT2D eigenvalue weighted by molar-refractivity contribution is 7.92. The van der Waals surface area contributed by atoms with Gasteiger partial charge >= 0.3 is 0 Å². The van der Waals surface area contributed by atoms with Gasteiger partial charge in [-0.25, -0.2) is 8.42 Å². The average Bonchev–Trinajstić information content (AvgIpc) is 3.24. The largest absolute Gasteiger partial charge is 0.371 e. The fraction of sp³-hybridized carbons (Fsp3) is 0.296. The van der Waals surface area contributed by atoms with Gasteiger partial charge in [-0.15, -0.1) is 0 Å². The number of rotatable bonds is 9. The van der Waals surface area contributed by atoms with Gasteiger partial charge in [0.05, 0.1) is 10.6 Å². The van der Waals surface area contributed by atoms with Crippen molar-refractivity contribution in [2.75, 3.05) is 35.4 Å². The number of amides is 1. The summed E-state index contributed by atoms with van der Waals surface area (Å²) in [6, 6.07) is 22.3. The molecule has 0 aliphatic carbocycles. The van der Waals surface area contributed by atoms with Crippen molar-refractivity contribution in [2.24, 2.45) is 0 Å². The highest BCUT2D eigenvalue weighted by atomic mass is 32.2. The van der Waals surface area contributed by atoms with E-state index >= 15 is 0 Å². The molecule has 1 amide bonds. The van der Waals surface area contributed by atoms with Crippen molar-refractivity contribution in [3.05, 3.63) is 89.5 Å². The molecule has 1 N–H and O–H groups in total. The van der Waals surface area contributed by atoms with E-state index in [0.717, 1.165) is 37.1 Å². The molecule has 0 saturated heterocycles. The van der Waals surface area contributed by atoms with Crippen LogP contribution in [0.1, 0.15) is 23.1 Å². The van der Waals surface area contributed by atoms with Crippen LogP contribution in [0.2, 0.25) is 0 Å². The van der Waals surface area contributed by atoms with Crippen LogP contribution < -0.4 is 14.5 Å². The Labute approximate surface area is 202 Å². The van der Waals surface area contributed by atoms with Gasteiger partial charge in [0, 0.05) is 25.3 Å². The van der Waals surface area contributed by atoms with Gasteiger partial charge in [0.25, 0.3) is 10.0 Å². The van der Waals surface area contributed by atoms with Crippen molar-refractivity contribution in [3.63, 3.8) is 0 Å². The lowest BCUT2D eigenvalue weighted by molar-refractivity contribution is -0.119. The molecule has 0 spiro atoms. The summed E-state index contributed by atoms with van der Waals surface area (Å²) in [6.07, 6.45) is 1.83. The molecule has 178 valence electrons. The first kappa shape index (κ1) is 23.8. The van der Waals surface area contributed by atoms with Crippen molar-refractivity contribution in [1.82, 2.24) is 5.32 Å². The van der Waals surface area contributed by atoms with E-state index in [-0.39, 0.29) is 17.3 Å². The van der Waals surface area contributed by atoms with E-state index < -0.39 is 10.0 Å². The lowest BCUT2D eigenvalue weighted by Gasteiger charge is -2.24. The standard InChI is InChI=1S/C27H31N3O3S/c1-21-8-12-24(13-9-21)30(34(32,33)25-14-10-22(2)11-15-25)20-27(31)28-17-5-18-29-19-16-23-6-3-4-7-26(23)29/h3-4,6-15H,5,16-20H2,1-2H3,(H,28,31). The maximum absolute atomic E-state index is 13.4. The van der Waals surface area contributed by atoms with E-state index in [1.54, 1.807) is 36.4 Å². The Morgan fingerprint density at radius 1 is 0.941 bits per heavy atom. The number of fused-ring (bicyclic) bond motifs is 1. The van der Waals surface area contributed by atoms with Gasteiger partial charge in [-0.3, -0.25) is 9.10 Å². The molecule has 0 aromatic heterocycles. The van der Waals surface area contributed by atoms with Crippen LogP contribution in [0.15, 0.2) is 77.7 Å². The predicted molar refractivity (Wildman–Crippen MR) is 137 cm³/mol. The molecule has 3 aromatic rings. The van der Waals surface area contributed by atoms with E-state index in [4.69, 9.17) is 0 Å². The normalized spacial score (nSPS) is 12.9. The Balaban J connectivity index is 1.40. The van der Waals surface area contributed by atoms with Crippen LogP contribution in [0.4, 0.5) is 11.4 Å². The zero-order chi connectivity index (χ0) is 24.1. The van der Waals surface area contributed by atoms with Crippen LogP contribution in [-0.4, -0.2) is 40.5 Å². The molecule has 0 fully saturated rings. The fourth-order valence-corrected chi connectivity index (χ4v) is 5.61. The molecule has 4 rings (SSSR count). The summed E-state index contributed by atoms with van der Waals surface area (Å²) in [7, 11) is -3.89. The number of hydrogen-bond acceptors (Lipinski definition) is 4. The number of hydrogen-bond donors (Lipinski definition) is 1. The Morgan fingerprint density at radius 2 is 1.59 bits per heavy atom. The second kappa shape index (κ2) is 10.3. The molecule has 3 aromatic carbocycles. The first-order valence-corrected chi connectivity index (χ1v) is 13.0. The van der Waals surface area contributed by atoms with Crippen molar-refractivity contribution < 1.29 is 13.2 Å². The smallest absolute Gasteiger partial charge is 0.264 e. The molecule has 0 unspecified atom stereocenters. The van der Waals surface area contributed by atoms with E-state index in [1.807, 2.05) is 32.0 Å². The molecule has 0 saturated carbocycles. The maximum atomic E-state index is 13.4. The molecule has 1 heterocycles. The van der Waals surface area contributed by atoms with Crippen LogP contribution in [0, 0.1) is 13.8 Å². The molecule has 0 radical (unpaired) electrons. The maximum Gasteiger partial charge on any atom is 0.264 e. The van der Waals surface area contributed by atoms with Crippen LogP contribution >= 0.6 is 0 Å². The first-order chi connectivity index (χ1) is 16.3. The Morgan fingerprint density at radius 3 is 2.29 bits per heavy atom. The molecule has 0 bridgehead atoms. The lowest BCUT2D eigenvalue weighted by atomic mass is 10.2. The predicted octanol–water partition coefficient (Wildman–Crippen LogP) is 4.07. The van der Waals surface area contributed by atoms with Crippen LogP contribution in [0.25, 0.3) is 0 Å². The number of sulfonamides is 1. The number of aryl methyl sites for hydroxylation is 2. The van der Waals surface area contributed by atoms with Gasteiger partial charge < -0.3 is 10.2 Å². The van der Waals surface area contributed by atoms with E-state index in [9.17, 15) is 13.2 Å². The first-order valence-electron chi connectivity index (χ1n) is 11.6. The SMILES string of the molecule is Cc1ccc(N(CC(=O)NCCCN2CCc3ccccc32)S(=O)(=O)c2ccc(C)cc2)cc1. The monoisotopic (exact) mass is 477 g/mol. The average molecular weight is 478 g/mol. The van der Waals surface area contributed by atoms with Crippen LogP contribution in [-0.2, 0) is 21.2 Å². The number of nitrogens with zero attached hydrogens (tertiary/aromatic N) is 2. The van der Waals surface area contributed by atoms with Crippen LogP contribution in [0.3, 0.4) is 0 Å². The minimum Gasteiger partial charge on any atom is -0.371 e. The lowest BCUT2D eigenvalue weighted by Crippen LogP contribution is -2.41. The third kappa shape index (κ3) is 5.42. The molecule has 1 aliphatic rings. The number of para-hydroxylation sites is 1. The Hall–Kier alpha value is -3.32. The molecule has 34 heavy (non-hydrogen) atoms. The zero-order valence-electron chi connectivity index (χ0n) is 19.7. The van der Waals surface area contributed by atoms with Crippen molar-refractivity contribution in [3.8, 4) is 0 Å². The van der Waals surface area contributed by atoms with Crippen molar-refractivity contribution >= 4 is 27.3 Å². The van der Waals surface area contributed by atoms with Gasteiger partial charge in [-0.1, -0.05) is 53.6 Å². The number of benzene rings is 3. The van der Waals surface area contributed by atoms with Crippen molar-refractivity contribution in [2.45, 2.75) is 31.6 Å². The molecular weight excluding hydrogens is 446 g/mol. The number of carbonyl (C=O) groups is 1. The van der Waals surface area contributed by atoms with Gasteiger partial charge in [-0.2, -0.15) is 0 Å². The molecule has 7 heteroatoms. The highest BCUT2D eigenvalue weighted by Gasteiger charge is 2.27. The summed E-state index contributed by atoms with van der Waals surface area (Å²) < 4.78 is 28.0. The van der Waals surface area contributed by atoms with Gasteiger partial charge in [0.15, 0.2) is 0 Å². The number of nitrogens with one attached hydrogen (secondary N) is 1. The Kier molecular flexibility index (Phi) is 7.22. The summed E-state index contributed by atoms with van der Waals surface area (Å²) in [5.74, 6) is -0.321. The van der Waals surface area contributed by atoms with Crippen molar-refractivity contribution in [1.29, 1.82) is 0 Å². The van der Waals surface area contributed by atoms with Gasteiger partial charge in [0.1, 0.15) is 6.54 Å². The molecule has 1 aliphatic heterocycles. The summed E-state index contributed by atoms with van der Waals surface area (Å²) in [6.45, 7) is 5.90. The topological polar surface area (TPSA) is 69.7 Å². The van der Waals surface area contributed by atoms with Gasteiger partial charge in [-0.05, 0) is 62.6 Å². The highest BCUT2D eigenvalue weighted by Crippen LogP contribution is 2.27. The number of anilines is 2. The molecule has 6 nitrogen and oxygen atoms in total. The van der Waals surface area contributed by atoms with E-state index in [2.05, 4.69) is 28.4 Å².